The number of rotatable bonds is 7. The molecule has 136 valence electrons. The lowest BCUT2D eigenvalue weighted by Gasteiger charge is -2.09. The van der Waals surface area contributed by atoms with Crippen molar-refractivity contribution in [3.8, 4) is 5.75 Å². The lowest BCUT2D eigenvalue weighted by Crippen LogP contribution is -2.13. The van der Waals surface area contributed by atoms with Gasteiger partial charge in [-0.3, -0.25) is 9.36 Å². The number of nitrogens with zero attached hydrogens (tertiary/aromatic N) is 1. The Bertz CT molecular complexity index is 978. The Labute approximate surface area is 150 Å². The largest absolute Gasteiger partial charge is 0.481 e. The first-order valence-electron chi connectivity index (χ1n) is 7.93. The molecule has 0 aliphatic carbocycles. The van der Waals surface area contributed by atoms with E-state index in [9.17, 15) is 9.36 Å². The number of hydrogen-bond acceptors (Lipinski definition) is 3. The average Bonchev–Trinajstić information content (AvgIpc) is 2.90. The summed E-state index contributed by atoms with van der Waals surface area (Å²) in [4.78, 5) is 29.3. The fourth-order valence-corrected chi connectivity index (χ4v) is 3.16. The number of aromatic nitrogens is 1. The fraction of sp³-hybridized carbons (Fsp3) is 0.167. The van der Waals surface area contributed by atoms with Gasteiger partial charge in [-0.15, -0.1) is 0 Å². The predicted molar refractivity (Wildman–Crippen MR) is 97.9 cm³/mol. The summed E-state index contributed by atoms with van der Waals surface area (Å²) < 4.78 is 18.2. The van der Waals surface area contributed by atoms with Crippen LogP contribution in [0.1, 0.15) is 11.1 Å². The maximum absolute atomic E-state index is 11.4. The molecule has 2 aromatic carbocycles. The van der Waals surface area contributed by atoms with Gasteiger partial charge in [-0.25, -0.2) is 0 Å². The number of primary amides is 1. The van der Waals surface area contributed by atoms with Gasteiger partial charge in [0.2, 0.25) is 5.91 Å². The van der Waals surface area contributed by atoms with E-state index in [-0.39, 0.29) is 6.42 Å². The van der Waals surface area contributed by atoms with Crippen LogP contribution in [-0.4, -0.2) is 26.6 Å². The van der Waals surface area contributed by atoms with Crippen molar-refractivity contribution in [2.24, 2.45) is 5.73 Å². The summed E-state index contributed by atoms with van der Waals surface area (Å²) in [6, 6.07) is 15.0. The van der Waals surface area contributed by atoms with Gasteiger partial charge >= 0.3 is 7.60 Å². The minimum Gasteiger partial charge on any atom is -0.481 e. The van der Waals surface area contributed by atoms with Crippen LogP contribution in [0.5, 0.6) is 5.75 Å². The first kappa shape index (κ1) is 18.2. The van der Waals surface area contributed by atoms with Crippen LogP contribution in [0, 0.1) is 0 Å². The van der Waals surface area contributed by atoms with Gasteiger partial charge in [-0.1, -0.05) is 30.3 Å². The zero-order valence-electron chi connectivity index (χ0n) is 13.9. The number of ether oxygens (including phenoxy) is 1. The molecule has 1 amide bonds. The van der Waals surface area contributed by atoms with Crippen LogP contribution in [0.3, 0.4) is 0 Å². The van der Waals surface area contributed by atoms with Gasteiger partial charge in [0, 0.05) is 23.6 Å². The third kappa shape index (κ3) is 4.52. The van der Waals surface area contributed by atoms with Crippen LogP contribution in [-0.2, 0) is 22.3 Å². The molecular weight excluding hydrogens is 355 g/mol. The molecule has 0 atom stereocenters. The van der Waals surface area contributed by atoms with Crippen molar-refractivity contribution in [2.45, 2.75) is 13.0 Å². The van der Waals surface area contributed by atoms with E-state index < -0.39 is 19.9 Å². The molecule has 7 nitrogen and oxygen atoms in total. The highest BCUT2D eigenvalue weighted by Crippen LogP contribution is 2.35. The van der Waals surface area contributed by atoms with E-state index in [4.69, 9.17) is 20.3 Å². The third-order valence-corrected chi connectivity index (χ3v) is 4.36. The normalized spacial score (nSPS) is 11.6. The smallest absolute Gasteiger partial charge is 0.362 e. The van der Waals surface area contributed by atoms with Crippen LogP contribution in [0.4, 0.5) is 0 Å². The molecule has 0 aliphatic rings. The third-order valence-electron chi connectivity index (χ3n) is 3.89. The predicted octanol–water partition coefficient (Wildman–Crippen LogP) is 2.23. The van der Waals surface area contributed by atoms with Gasteiger partial charge in [-0.05, 0) is 29.3 Å². The maximum atomic E-state index is 11.4. The number of hydrogen-bond donors (Lipinski definition) is 3. The zero-order valence-corrected chi connectivity index (χ0v) is 14.8. The van der Waals surface area contributed by atoms with Gasteiger partial charge in [0.1, 0.15) is 5.75 Å². The van der Waals surface area contributed by atoms with Crippen molar-refractivity contribution in [3.05, 3.63) is 65.9 Å². The first-order chi connectivity index (χ1) is 12.3. The lowest BCUT2D eigenvalue weighted by molar-refractivity contribution is -0.117. The summed E-state index contributed by atoms with van der Waals surface area (Å²) in [5.74, 6) is -0.130. The molecule has 26 heavy (non-hydrogen) atoms. The highest BCUT2D eigenvalue weighted by atomic mass is 31.2. The Morgan fingerprint density at radius 3 is 2.54 bits per heavy atom. The first-order valence-corrected chi connectivity index (χ1v) is 9.73. The molecule has 0 saturated heterocycles. The number of benzene rings is 2. The van der Waals surface area contributed by atoms with Gasteiger partial charge in [0.25, 0.3) is 0 Å². The van der Waals surface area contributed by atoms with E-state index in [1.807, 2.05) is 41.1 Å². The maximum Gasteiger partial charge on any atom is 0.362 e. The van der Waals surface area contributed by atoms with Crippen LogP contribution in [0.2, 0.25) is 0 Å². The molecule has 0 radical (unpaired) electrons. The van der Waals surface area contributed by atoms with Crippen LogP contribution in [0.15, 0.2) is 54.7 Å². The Morgan fingerprint density at radius 1 is 1.15 bits per heavy atom. The van der Waals surface area contributed by atoms with Crippen molar-refractivity contribution in [2.75, 3.05) is 6.35 Å². The molecule has 1 aromatic heterocycles. The summed E-state index contributed by atoms with van der Waals surface area (Å²) in [6.07, 6.45) is 1.24. The summed E-state index contributed by atoms with van der Waals surface area (Å²) in [5.41, 5.74) is 8.08. The molecule has 0 bridgehead atoms. The number of nitrogens with two attached hydrogens (primary N) is 1. The van der Waals surface area contributed by atoms with Crippen LogP contribution < -0.4 is 10.5 Å². The Balaban J connectivity index is 1.98. The molecule has 3 rings (SSSR count). The van der Waals surface area contributed by atoms with Gasteiger partial charge < -0.3 is 24.8 Å². The van der Waals surface area contributed by atoms with E-state index >= 15 is 0 Å². The molecule has 0 fully saturated rings. The summed E-state index contributed by atoms with van der Waals surface area (Å²) in [6.45, 7) is 0.624. The van der Waals surface area contributed by atoms with Crippen molar-refractivity contribution in [1.29, 1.82) is 0 Å². The molecule has 4 N–H and O–H groups in total. The molecule has 1 heterocycles. The highest BCUT2D eigenvalue weighted by molar-refractivity contribution is 7.51. The van der Waals surface area contributed by atoms with E-state index in [0.717, 1.165) is 22.0 Å². The summed E-state index contributed by atoms with van der Waals surface area (Å²) in [5, 5.41) is 0.767. The number of fused-ring (bicyclic) bond motifs is 1. The van der Waals surface area contributed by atoms with Crippen molar-refractivity contribution < 1.29 is 23.9 Å². The zero-order chi connectivity index (χ0) is 18.7. The SMILES string of the molecule is NC(=O)Cc1cn(Cc2ccccc2)c2ccc(OCP(=O)(O)O)cc12. The quantitative estimate of drug-likeness (QED) is 0.549. The van der Waals surface area contributed by atoms with Gasteiger partial charge in [-0.2, -0.15) is 0 Å². The van der Waals surface area contributed by atoms with E-state index in [1.165, 1.54) is 0 Å². The van der Waals surface area contributed by atoms with Gasteiger partial charge in [0.15, 0.2) is 6.35 Å². The van der Waals surface area contributed by atoms with Crippen molar-refractivity contribution in [1.82, 2.24) is 4.57 Å². The highest BCUT2D eigenvalue weighted by Gasteiger charge is 2.16. The molecule has 0 unspecified atom stereocenters. The number of carbonyl (C=O) groups is 1. The van der Waals surface area contributed by atoms with Crippen molar-refractivity contribution >= 4 is 24.4 Å². The van der Waals surface area contributed by atoms with Crippen molar-refractivity contribution in [3.63, 3.8) is 0 Å². The summed E-state index contributed by atoms with van der Waals surface area (Å²) in [7, 11) is -4.27. The topological polar surface area (TPSA) is 115 Å². The number of carbonyl (C=O) groups excluding carboxylic acids is 1. The fourth-order valence-electron chi connectivity index (χ4n) is 2.84. The average molecular weight is 374 g/mol. The second-order valence-corrected chi connectivity index (χ2v) is 7.62. The Hall–Kier alpha value is -2.60. The lowest BCUT2D eigenvalue weighted by atomic mass is 10.1. The Kier molecular flexibility index (Phi) is 5.13. The monoisotopic (exact) mass is 374 g/mol. The van der Waals surface area contributed by atoms with Crippen LogP contribution in [0.25, 0.3) is 10.9 Å². The Morgan fingerprint density at radius 2 is 1.88 bits per heavy atom. The van der Waals surface area contributed by atoms with E-state index in [1.54, 1.807) is 18.2 Å². The molecular formula is C18H19N2O5P. The molecule has 3 aromatic rings. The van der Waals surface area contributed by atoms with E-state index in [2.05, 4.69) is 0 Å². The van der Waals surface area contributed by atoms with Crippen LogP contribution >= 0.6 is 7.60 Å². The standard InChI is InChI=1S/C18H19N2O5P/c19-18(21)8-14-11-20(10-13-4-2-1-3-5-13)17-7-6-15(9-16(14)17)25-12-26(22,23)24/h1-7,9,11H,8,10,12H2,(H2,19,21)(H2,22,23,24). The minimum atomic E-state index is -4.27. The number of amides is 1. The molecule has 0 aliphatic heterocycles. The molecule has 0 saturated carbocycles. The minimum absolute atomic E-state index is 0.0697. The second kappa shape index (κ2) is 7.33. The molecule has 8 heteroatoms. The van der Waals surface area contributed by atoms with E-state index in [0.29, 0.717) is 12.3 Å². The summed E-state index contributed by atoms with van der Waals surface area (Å²) >= 11 is 0. The molecule has 0 spiro atoms. The second-order valence-electron chi connectivity index (χ2n) is 6.03. The van der Waals surface area contributed by atoms with Gasteiger partial charge in [0.05, 0.1) is 6.42 Å².